The standard InChI is InChI=1S/C25H25ClN4O3S2/c1-4-32-22-14-17(5-10-21(22)33-11-12-34-20-8-6-19(26)7-9-20)13-18(15-27)23(31)28-25-30-29-24(35-25)16(2)3/h5-10,13-14,16H,4,11-12H2,1-3H3,(H,28,30,31)/b18-13-. The van der Waals surface area contributed by atoms with E-state index in [0.29, 0.717) is 40.4 Å². The van der Waals surface area contributed by atoms with E-state index in [1.807, 2.05) is 51.1 Å². The van der Waals surface area contributed by atoms with Gasteiger partial charge in [-0.3, -0.25) is 10.1 Å². The van der Waals surface area contributed by atoms with Gasteiger partial charge in [0.2, 0.25) is 5.13 Å². The van der Waals surface area contributed by atoms with Gasteiger partial charge in [-0.25, -0.2) is 0 Å². The summed E-state index contributed by atoms with van der Waals surface area (Å²) in [6.07, 6.45) is 1.50. The minimum Gasteiger partial charge on any atom is -0.490 e. The van der Waals surface area contributed by atoms with Crippen molar-refractivity contribution in [2.75, 3.05) is 24.3 Å². The van der Waals surface area contributed by atoms with E-state index in [-0.39, 0.29) is 11.5 Å². The molecule has 0 aliphatic carbocycles. The Morgan fingerprint density at radius 3 is 2.63 bits per heavy atom. The molecular formula is C25H25ClN4O3S2. The third-order valence-electron chi connectivity index (χ3n) is 4.52. The van der Waals surface area contributed by atoms with E-state index in [1.165, 1.54) is 17.4 Å². The molecule has 0 aliphatic rings. The van der Waals surface area contributed by atoms with Gasteiger partial charge >= 0.3 is 0 Å². The maximum atomic E-state index is 12.6. The highest BCUT2D eigenvalue weighted by Crippen LogP contribution is 2.30. The van der Waals surface area contributed by atoms with Gasteiger partial charge in [-0.1, -0.05) is 42.9 Å². The van der Waals surface area contributed by atoms with Crippen molar-refractivity contribution in [1.29, 1.82) is 5.26 Å². The van der Waals surface area contributed by atoms with Crippen LogP contribution in [-0.2, 0) is 4.79 Å². The summed E-state index contributed by atoms with van der Waals surface area (Å²) in [6.45, 7) is 6.80. The molecule has 1 N–H and O–H groups in total. The van der Waals surface area contributed by atoms with Crippen molar-refractivity contribution >= 4 is 51.8 Å². The van der Waals surface area contributed by atoms with Crippen LogP contribution in [0.1, 0.15) is 37.3 Å². The van der Waals surface area contributed by atoms with Crippen LogP contribution in [0.5, 0.6) is 11.5 Å². The number of nitrogens with one attached hydrogen (secondary N) is 1. The van der Waals surface area contributed by atoms with Gasteiger partial charge in [0, 0.05) is 21.6 Å². The van der Waals surface area contributed by atoms with Crippen molar-refractivity contribution < 1.29 is 14.3 Å². The molecule has 10 heteroatoms. The average molecular weight is 529 g/mol. The van der Waals surface area contributed by atoms with Gasteiger partial charge in [0.05, 0.1) is 13.2 Å². The molecule has 3 rings (SSSR count). The van der Waals surface area contributed by atoms with Crippen LogP contribution < -0.4 is 14.8 Å². The number of ether oxygens (including phenoxy) is 2. The Bertz CT molecular complexity index is 1220. The molecule has 0 spiro atoms. The van der Waals surface area contributed by atoms with E-state index in [1.54, 1.807) is 30.0 Å². The Kier molecular flexibility index (Phi) is 9.97. The molecule has 0 saturated carbocycles. The van der Waals surface area contributed by atoms with Crippen molar-refractivity contribution in [3.05, 3.63) is 63.6 Å². The number of anilines is 1. The molecule has 1 heterocycles. The second-order valence-electron chi connectivity index (χ2n) is 7.51. The van der Waals surface area contributed by atoms with E-state index < -0.39 is 5.91 Å². The predicted octanol–water partition coefficient (Wildman–Crippen LogP) is 6.43. The van der Waals surface area contributed by atoms with E-state index in [4.69, 9.17) is 21.1 Å². The lowest BCUT2D eigenvalue weighted by Crippen LogP contribution is -2.13. The first kappa shape index (κ1) is 26.5. The molecule has 0 unspecified atom stereocenters. The highest BCUT2D eigenvalue weighted by Gasteiger charge is 2.15. The van der Waals surface area contributed by atoms with Crippen molar-refractivity contribution in [1.82, 2.24) is 10.2 Å². The van der Waals surface area contributed by atoms with E-state index in [0.717, 1.165) is 15.7 Å². The van der Waals surface area contributed by atoms with Gasteiger partial charge in [-0.15, -0.1) is 22.0 Å². The molecule has 3 aromatic rings. The van der Waals surface area contributed by atoms with Crippen LogP contribution in [0.15, 0.2) is 52.9 Å². The molecule has 0 bridgehead atoms. The highest BCUT2D eigenvalue weighted by atomic mass is 35.5. The van der Waals surface area contributed by atoms with Crippen molar-refractivity contribution in [2.45, 2.75) is 31.6 Å². The Morgan fingerprint density at radius 1 is 1.20 bits per heavy atom. The van der Waals surface area contributed by atoms with Crippen LogP contribution >= 0.6 is 34.7 Å². The number of amides is 1. The topological polar surface area (TPSA) is 97.1 Å². The number of hydrogen-bond donors (Lipinski definition) is 1. The zero-order valence-corrected chi connectivity index (χ0v) is 22.0. The fourth-order valence-corrected chi connectivity index (χ4v) is 4.44. The van der Waals surface area contributed by atoms with E-state index in [2.05, 4.69) is 15.5 Å². The normalized spacial score (nSPS) is 11.3. The molecule has 0 fully saturated rings. The van der Waals surface area contributed by atoms with Gasteiger partial charge in [0.25, 0.3) is 5.91 Å². The molecule has 0 saturated heterocycles. The first-order valence-electron chi connectivity index (χ1n) is 10.9. The number of rotatable bonds is 11. The second-order valence-corrected chi connectivity index (χ2v) is 10.1. The highest BCUT2D eigenvalue weighted by molar-refractivity contribution is 7.99. The number of carbonyl (C=O) groups is 1. The first-order chi connectivity index (χ1) is 16.9. The fraction of sp³-hybridized carbons (Fsp3) is 0.280. The molecule has 0 aliphatic heterocycles. The van der Waals surface area contributed by atoms with Gasteiger partial charge in [0.1, 0.15) is 16.6 Å². The van der Waals surface area contributed by atoms with Crippen LogP contribution in [0, 0.1) is 11.3 Å². The minimum atomic E-state index is -0.545. The number of hydrogen-bond acceptors (Lipinski definition) is 8. The summed E-state index contributed by atoms with van der Waals surface area (Å²) >= 11 is 8.88. The predicted molar refractivity (Wildman–Crippen MR) is 141 cm³/mol. The molecule has 0 atom stereocenters. The number of nitriles is 1. The van der Waals surface area contributed by atoms with Gasteiger partial charge in [-0.2, -0.15) is 5.26 Å². The molecule has 1 aromatic heterocycles. The summed E-state index contributed by atoms with van der Waals surface area (Å²) in [7, 11) is 0. The van der Waals surface area contributed by atoms with Crippen LogP contribution in [0.25, 0.3) is 6.08 Å². The third-order valence-corrected chi connectivity index (χ3v) is 6.89. The summed E-state index contributed by atoms with van der Waals surface area (Å²) in [6, 6.07) is 14.9. The quantitative estimate of drug-likeness (QED) is 0.132. The Hall–Kier alpha value is -3.06. The molecule has 2 aromatic carbocycles. The summed E-state index contributed by atoms with van der Waals surface area (Å²) in [4.78, 5) is 13.7. The van der Waals surface area contributed by atoms with E-state index in [9.17, 15) is 10.1 Å². The number of aromatic nitrogens is 2. The largest absolute Gasteiger partial charge is 0.490 e. The maximum absolute atomic E-state index is 12.6. The van der Waals surface area contributed by atoms with Crippen molar-refractivity contribution in [3.63, 3.8) is 0 Å². The summed E-state index contributed by atoms with van der Waals surface area (Å²) < 4.78 is 11.6. The molecule has 7 nitrogen and oxygen atoms in total. The molecule has 182 valence electrons. The molecule has 35 heavy (non-hydrogen) atoms. The zero-order chi connectivity index (χ0) is 25.2. The number of halogens is 1. The first-order valence-corrected chi connectivity index (χ1v) is 13.1. The van der Waals surface area contributed by atoms with Crippen molar-refractivity contribution in [3.8, 4) is 17.6 Å². The molecular weight excluding hydrogens is 504 g/mol. The fourth-order valence-electron chi connectivity index (χ4n) is 2.84. The lowest BCUT2D eigenvalue weighted by Gasteiger charge is -2.13. The lowest BCUT2D eigenvalue weighted by atomic mass is 10.1. The Balaban J connectivity index is 1.65. The number of nitrogens with zero attached hydrogens (tertiary/aromatic N) is 3. The maximum Gasteiger partial charge on any atom is 0.268 e. The number of thioether (sulfide) groups is 1. The summed E-state index contributed by atoms with van der Waals surface area (Å²) in [5, 5.41) is 22.1. The summed E-state index contributed by atoms with van der Waals surface area (Å²) in [5.41, 5.74) is 0.588. The van der Waals surface area contributed by atoms with Crippen molar-refractivity contribution in [2.24, 2.45) is 0 Å². The van der Waals surface area contributed by atoms with Crippen LogP contribution in [0.3, 0.4) is 0 Å². The van der Waals surface area contributed by atoms with Gasteiger partial charge in [0.15, 0.2) is 11.5 Å². The number of carbonyl (C=O) groups excluding carboxylic acids is 1. The smallest absolute Gasteiger partial charge is 0.268 e. The molecule has 0 radical (unpaired) electrons. The van der Waals surface area contributed by atoms with E-state index >= 15 is 0 Å². The number of benzene rings is 2. The SMILES string of the molecule is CCOc1cc(/C=C(/C#N)C(=O)Nc2nnc(C(C)C)s2)ccc1OCCSc1ccc(Cl)cc1. The second kappa shape index (κ2) is 13.1. The van der Waals surface area contributed by atoms with Crippen LogP contribution in [-0.4, -0.2) is 35.1 Å². The summed E-state index contributed by atoms with van der Waals surface area (Å²) in [5.74, 6) is 1.55. The van der Waals surface area contributed by atoms with Gasteiger partial charge < -0.3 is 9.47 Å². The van der Waals surface area contributed by atoms with Gasteiger partial charge in [-0.05, 0) is 55.0 Å². The molecule has 1 amide bonds. The Morgan fingerprint density at radius 2 is 1.97 bits per heavy atom. The third kappa shape index (κ3) is 7.99. The minimum absolute atomic E-state index is 0.0539. The lowest BCUT2D eigenvalue weighted by molar-refractivity contribution is -0.112. The van der Waals surface area contributed by atoms with Crippen LogP contribution in [0.4, 0.5) is 5.13 Å². The zero-order valence-electron chi connectivity index (χ0n) is 19.6. The van der Waals surface area contributed by atoms with Crippen LogP contribution in [0.2, 0.25) is 5.02 Å². The Labute approximate surface area is 218 Å². The monoisotopic (exact) mass is 528 g/mol. The average Bonchev–Trinajstić information content (AvgIpc) is 3.31.